The van der Waals surface area contributed by atoms with Crippen LogP contribution in [0.25, 0.3) is 0 Å². The summed E-state index contributed by atoms with van der Waals surface area (Å²) in [5.41, 5.74) is -2.45. The number of urea groups is 1. The number of carbonyl (C=O) groups is 1. The monoisotopic (exact) mass is 323 g/mol. The van der Waals surface area contributed by atoms with Gasteiger partial charge in [0.2, 0.25) is 0 Å². The van der Waals surface area contributed by atoms with Crippen LogP contribution in [0.1, 0.15) is 12.8 Å². The summed E-state index contributed by atoms with van der Waals surface area (Å²) >= 11 is 5.78. The van der Waals surface area contributed by atoms with E-state index in [1.165, 1.54) is 17.2 Å². The number of anilines is 1. The Labute approximate surface area is 123 Å². The maximum absolute atomic E-state index is 12.7. The van der Waals surface area contributed by atoms with Gasteiger partial charge in [0.1, 0.15) is 0 Å². The number of nitrogens with one attached hydrogen (secondary N) is 1. The van der Waals surface area contributed by atoms with Crippen LogP contribution in [0.3, 0.4) is 0 Å². The minimum atomic E-state index is -4.69. The van der Waals surface area contributed by atoms with Crippen LogP contribution >= 0.6 is 11.6 Å². The lowest BCUT2D eigenvalue weighted by Gasteiger charge is -2.38. The van der Waals surface area contributed by atoms with Gasteiger partial charge in [0, 0.05) is 32.1 Å². The van der Waals surface area contributed by atoms with Gasteiger partial charge in [0.05, 0.1) is 5.69 Å². The van der Waals surface area contributed by atoms with Crippen molar-refractivity contribution >= 4 is 23.3 Å². The fraction of sp³-hybridized carbons (Fsp3) is 0.500. The van der Waals surface area contributed by atoms with Gasteiger partial charge in [0.25, 0.3) is 0 Å². The van der Waals surface area contributed by atoms with Crippen molar-refractivity contribution in [1.29, 1.82) is 0 Å². The van der Waals surface area contributed by atoms with Gasteiger partial charge in [-0.3, -0.25) is 0 Å². The van der Waals surface area contributed by atoms with Crippen molar-refractivity contribution in [2.24, 2.45) is 0 Å². The quantitative estimate of drug-likeness (QED) is 0.781. The van der Waals surface area contributed by atoms with Gasteiger partial charge >= 0.3 is 12.2 Å². The molecular weight excluding hydrogens is 311 g/mol. The zero-order valence-electron chi connectivity index (χ0n) is 10.8. The summed E-state index contributed by atoms with van der Waals surface area (Å²) in [4.78, 5) is 16.9. The first kappa shape index (κ1) is 15.8. The maximum Gasteiger partial charge on any atom is 0.417 e. The molecular formula is C12H13ClF3N3O2. The second kappa shape index (κ2) is 5.69. The summed E-state index contributed by atoms with van der Waals surface area (Å²) in [5, 5.41) is 12.1. The van der Waals surface area contributed by atoms with Crippen molar-refractivity contribution in [2.75, 3.05) is 18.4 Å². The van der Waals surface area contributed by atoms with Crippen LogP contribution in [0.15, 0.2) is 18.3 Å². The Morgan fingerprint density at radius 2 is 2.05 bits per heavy atom. The lowest BCUT2D eigenvalue weighted by Crippen LogP contribution is -2.55. The Hall–Kier alpha value is -1.54. The molecule has 1 fully saturated rings. The predicted octanol–water partition coefficient (Wildman–Crippen LogP) is 2.66. The number of nitrogens with zero attached hydrogens (tertiary/aromatic N) is 2. The van der Waals surface area contributed by atoms with Gasteiger partial charge in [-0.1, -0.05) is 11.6 Å². The summed E-state index contributed by atoms with van der Waals surface area (Å²) in [6.45, 7) is -0.389. The molecule has 9 heteroatoms. The van der Waals surface area contributed by atoms with E-state index in [1.807, 2.05) is 0 Å². The van der Waals surface area contributed by atoms with Crippen LogP contribution in [0.5, 0.6) is 0 Å². The fourth-order valence-corrected chi connectivity index (χ4v) is 2.20. The highest BCUT2D eigenvalue weighted by molar-refractivity contribution is 6.32. The molecule has 1 aromatic heterocycles. The van der Waals surface area contributed by atoms with Crippen LogP contribution in [-0.4, -0.2) is 45.9 Å². The van der Waals surface area contributed by atoms with E-state index in [2.05, 4.69) is 10.3 Å². The van der Waals surface area contributed by atoms with Crippen molar-refractivity contribution in [1.82, 2.24) is 9.88 Å². The van der Waals surface area contributed by atoms with Gasteiger partial charge < -0.3 is 15.3 Å². The highest BCUT2D eigenvalue weighted by atomic mass is 35.5. The number of hydrogen-bond donors (Lipinski definition) is 2. The summed E-state index contributed by atoms with van der Waals surface area (Å²) in [7, 11) is 0. The normalized spacial score (nSPS) is 18.4. The number of rotatable bonds is 1. The number of pyridine rings is 1. The van der Waals surface area contributed by atoms with Gasteiger partial charge in [-0.25, -0.2) is 9.78 Å². The molecule has 2 heterocycles. The topological polar surface area (TPSA) is 65.5 Å². The summed E-state index contributed by atoms with van der Waals surface area (Å²) in [5.74, 6) is 0. The lowest BCUT2D eigenvalue weighted by molar-refractivity contribution is -0.271. The van der Waals surface area contributed by atoms with Gasteiger partial charge in [0.15, 0.2) is 10.8 Å². The Morgan fingerprint density at radius 3 is 2.57 bits per heavy atom. The minimum absolute atomic E-state index is 0.0923. The third-order valence-corrected chi connectivity index (χ3v) is 3.71. The molecule has 0 radical (unpaired) electrons. The summed E-state index contributed by atoms with van der Waals surface area (Å²) < 4.78 is 38.0. The fourth-order valence-electron chi connectivity index (χ4n) is 2.04. The van der Waals surface area contributed by atoms with E-state index in [0.717, 1.165) is 0 Å². The number of aromatic nitrogens is 1. The number of halogens is 4. The van der Waals surface area contributed by atoms with Gasteiger partial charge in [-0.15, -0.1) is 0 Å². The second-order valence-corrected chi connectivity index (χ2v) is 5.15. The standard InChI is InChI=1S/C12H13ClF3N3O2/c13-9-8(2-1-5-17-9)18-10(20)19-6-3-11(21,4-7-19)12(14,15)16/h1-2,5,21H,3-4,6-7H2,(H,18,20). The third-order valence-electron chi connectivity index (χ3n) is 3.41. The van der Waals surface area contributed by atoms with Crippen LogP contribution in [0.4, 0.5) is 23.7 Å². The van der Waals surface area contributed by atoms with E-state index in [9.17, 15) is 23.1 Å². The second-order valence-electron chi connectivity index (χ2n) is 4.79. The number of alkyl halides is 3. The van der Waals surface area contributed by atoms with E-state index in [1.54, 1.807) is 6.07 Å². The van der Waals surface area contributed by atoms with E-state index in [4.69, 9.17) is 11.6 Å². The Morgan fingerprint density at radius 1 is 1.43 bits per heavy atom. The van der Waals surface area contributed by atoms with Crippen LogP contribution in [0, 0.1) is 0 Å². The number of carbonyl (C=O) groups excluding carboxylic acids is 1. The van der Waals surface area contributed by atoms with Crippen molar-refractivity contribution in [3.05, 3.63) is 23.5 Å². The summed E-state index contributed by atoms with van der Waals surface area (Å²) in [6.07, 6.45) is -4.35. The Kier molecular flexibility index (Phi) is 4.29. The molecule has 2 amide bonds. The van der Waals surface area contributed by atoms with E-state index >= 15 is 0 Å². The van der Waals surface area contributed by atoms with Crippen molar-refractivity contribution < 1.29 is 23.1 Å². The maximum atomic E-state index is 12.7. The summed E-state index contributed by atoms with van der Waals surface area (Å²) in [6, 6.07) is 2.53. The first-order valence-electron chi connectivity index (χ1n) is 6.18. The van der Waals surface area contributed by atoms with Crippen LogP contribution in [0.2, 0.25) is 5.15 Å². The predicted molar refractivity (Wildman–Crippen MR) is 70.1 cm³/mol. The first-order valence-corrected chi connectivity index (χ1v) is 6.56. The van der Waals surface area contributed by atoms with E-state index < -0.39 is 30.7 Å². The molecule has 116 valence electrons. The number of hydrogen-bond acceptors (Lipinski definition) is 3. The molecule has 0 bridgehead atoms. The number of likely N-dealkylation sites (tertiary alicyclic amines) is 1. The molecule has 0 unspecified atom stereocenters. The molecule has 21 heavy (non-hydrogen) atoms. The molecule has 1 aliphatic heterocycles. The third kappa shape index (κ3) is 3.38. The molecule has 1 aromatic rings. The average molecular weight is 324 g/mol. The Balaban J connectivity index is 1.97. The van der Waals surface area contributed by atoms with E-state index in [-0.39, 0.29) is 23.9 Å². The molecule has 0 aliphatic carbocycles. The molecule has 1 aliphatic rings. The molecule has 2 N–H and O–H groups in total. The molecule has 0 aromatic carbocycles. The van der Waals surface area contributed by atoms with Crippen LogP contribution < -0.4 is 5.32 Å². The first-order chi connectivity index (χ1) is 9.73. The Bertz CT molecular complexity index is 531. The molecule has 2 rings (SSSR count). The van der Waals surface area contributed by atoms with Crippen molar-refractivity contribution in [3.63, 3.8) is 0 Å². The zero-order valence-corrected chi connectivity index (χ0v) is 11.6. The smallest absolute Gasteiger partial charge is 0.380 e. The van der Waals surface area contributed by atoms with Crippen molar-refractivity contribution in [2.45, 2.75) is 24.6 Å². The van der Waals surface area contributed by atoms with Gasteiger partial charge in [-0.2, -0.15) is 13.2 Å². The highest BCUT2D eigenvalue weighted by Crippen LogP contribution is 2.38. The minimum Gasteiger partial charge on any atom is -0.380 e. The van der Waals surface area contributed by atoms with Gasteiger partial charge in [-0.05, 0) is 12.1 Å². The molecule has 0 atom stereocenters. The number of piperidine rings is 1. The number of aliphatic hydroxyl groups is 1. The molecule has 1 saturated heterocycles. The molecule has 0 spiro atoms. The zero-order chi connectivity index (χ0) is 15.7. The largest absolute Gasteiger partial charge is 0.417 e. The average Bonchev–Trinajstić information content (AvgIpc) is 2.41. The molecule has 0 saturated carbocycles. The highest BCUT2D eigenvalue weighted by Gasteiger charge is 2.54. The lowest BCUT2D eigenvalue weighted by atomic mass is 9.91. The number of amides is 2. The molecule has 5 nitrogen and oxygen atoms in total. The van der Waals surface area contributed by atoms with Crippen LogP contribution in [-0.2, 0) is 0 Å². The SMILES string of the molecule is O=C(Nc1cccnc1Cl)N1CCC(O)(C(F)(F)F)CC1. The van der Waals surface area contributed by atoms with E-state index in [0.29, 0.717) is 0 Å². The van der Waals surface area contributed by atoms with Crippen molar-refractivity contribution in [3.8, 4) is 0 Å².